The van der Waals surface area contributed by atoms with Crippen LogP contribution in [-0.2, 0) is 37.5 Å². The Balaban J connectivity index is 4.31. The molecule has 0 aromatic heterocycles. The van der Waals surface area contributed by atoms with Crippen LogP contribution in [0.2, 0.25) is 0 Å². The fraction of sp³-hybridized carbons (Fsp3) is 0.854. The number of phosphoric acid groups is 1. The van der Waals surface area contributed by atoms with Gasteiger partial charge in [-0.15, -0.1) is 0 Å². The third kappa shape index (κ3) is 42.6. The lowest BCUT2D eigenvalue weighted by Crippen LogP contribution is -2.34. The molecule has 1 unspecified atom stereocenters. The summed E-state index contributed by atoms with van der Waals surface area (Å²) in [5, 5.41) is 8.90. The minimum Gasteiger partial charge on any atom is -0.480 e. The number of phosphoric ester groups is 1. The van der Waals surface area contributed by atoms with E-state index in [0.29, 0.717) is 6.42 Å². The number of nitrogens with two attached hydrogens (primary N) is 1. The second kappa shape index (κ2) is 43.6. The monoisotopic (exact) mass is 872 g/mol. The maximum Gasteiger partial charge on any atom is 0.472 e. The number of unbranched alkanes of at least 4 members (excludes halogenated alkanes) is 31. The Morgan fingerprint density at radius 1 is 0.550 bits per heavy atom. The maximum atomic E-state index is 12.7. The standard InChI is InChI=1S/C48H90NO10P/c1-3-5-7-9-11-13-15-17-19-20-21-22-23-24-26-28-30-32-34-36-38-40-47(51)59-44(42-57-60(54,55)58-43-45(49)48(52)53)41-56-46(50)39-37-35-33-31-29-27-25-18-16-14-12-10-8-6-4-2/h33,35,37,39,44-45H,3-32,34,36,38,40-43,49H2,1-2H3,(H,52,53)(H,54,55)/b35-33+,39-37+/t44-,45-/m0/s1. The van der Waals surface area contributed by atoms with E-state index in [-0.39, 0.29) is 6.42 Å². The first-order chi connectivity index (χ1) is 29.1. The molecule has 0 rings (SSSR count). The van der Waals surface area contributed by atoms with Gasteiger partial charge in [-0.1, -0.05) is 225 Å². The number of allylic oxidation sites excluding steroid dienone is 3. The van der Waals surface area contributed by atoms with Crippen LogP contribution >= 0.6 is 7.82 Å². The van der Waals surface area contributed by atoms with Crippen molar-refractivity contribution < 1.29 is 47.5 Å². The van der Waals surface area contributed by atoms with Gasteiger partial charge in [-0.05, 0) is 19.3 Å². The third-order valence-electron chi connectivity index (χ3n) is 10.8. The van der Waals surface area contributed by atoms with Gasteiger partial charge in [0.2, 0.25) is 0 Å². The van der Waals surface area contributed by atoms with E-state index in [2.05, 4.69) is 18.4 Å². The van der Waals surface area contributed by atoms with Crippen molar-refractivity contribution in [3.05, 3.63) is 24.3 Å². The molecule has 352 valence electrons. The number of carbonyl (C=O) groups is 3. The summed E-state index contributed by atoms with van der Waals surface area (Å²) in [5.41, 5.74) is 5.34. The lowest BCUT2D eigenvalue weighted by molar-refractivity contribution is -0.159. The number of rotatable bonds is 46. The van der Waals surface area contributed by atoms with Crippen LogP contribution in [0.5, 0.6) is 0 Å². The largest absolute Gasteiger partial charge is 0.480 e. The Kier molecular flexibility index (Phi) is 42.1. The number of carbonyl (C=O) groups excluding carboxylic acids is 2. The number of esters is 2. The van der Waals surface area contributed by atoms with Crippen LogP contribution in [0.15, 0.2) is 24.3 Å². The Morgan fingerprint density at radius 3 is 1.35 bits per heavy atom. The van der Waals surface area contributed by atoms with Crippen molar-refractivity contribution in [1.82, 2.24) is 0 Å². The minimum absolute atomic E-state index is 0.147. The number of aliphatic carboxylic acids is 1. The van der Waals surface area contributed by atoms with Gasteiger partial charge in [0.25, 0.3) is 0 Å². The summed E-state index contributed by atoms with van der Waals surface area (Å²) in [4.78, 5) is 45.9. The molecular formula is C48H90NO10P. The van der Waals surface area contributed by atoms with Gasteiger partial charge in [-0.2, -0.15) is 0 Å². The molecule has 0 aliphatic carbocycles. The van der Waals surface area contributed by atoms with E-state index in [1.165, 1.54) is 179 Å². The molecule has 11 nitrogen and oxygen atoms in total. The second-order valence-corrected chi connectivity index (χ2v) is 18.1. The summed E-state index contributed by atoms with van der Waals surface area (Å²) in [5.74, 6) is -2.62. The van der Waals surface area contributed by atoms with Crippen LogP contribution in [-0.4, -0.2) is 59.9 Å². The SMILES string of the molecule is CCCCCCCCCCCCC/C=C/C=C/C(=O)OC[C@@H](COP(=O)(O)OC[C@H](N)C(=O)O)OC(=O)CCCCCCCCCCCCCCCCCCCCCCC. The Hall–Kier alpha value is -2.04. The van der Waals surface area contributed by atoms with Gasteiger partial charge in [0, 0.05) is 12.5 Å². The molecule has 0 saturated carbocycles. The molecule has 0 bridgehead atoms. The van der Waals surface area contributed by atoms with Crippen molar-refractivity contribution in [1.29, 1.82) is 0 Å². The normalized spacial score (nSPS) is 13.8. The summed E-state index contributed by atoms with van der Waals surface area (Å²) in [6.45, 7) is 2.72. The Bertz CT molecular complexity index is 1120. The first-order valence-electron chi connectivity index (χ1n) is 24.4. The number of hydrogen-bond acceptors (Lipinski definition) is 9. The van der Waals surface area contributed by atoms with E-state index >= 15 is 0 Å². The summed E-state index contributed by atoms with van der Waals surface area (Å²) >= 11 is 0. The molecule has 0 fully saturated rings. The predicted octanol–water partition coefficient (Wildman–Crippen LogP) is 13.4. The van der Waals surface area contributed by atoms with Crippen LogP contribution in [0.25, 0.3) is 0 Å². The van der Waals surface area contributed by atoms with E-state index in [1.54, 1.807) is 12.2 Å². The quantitative estimate of drug-likeness (QED) is 0.0175. The zero-order valence-corrected chi connectivity index (χ0v) is 39.2. The van der Waals surface area contributed by atoms with Crippen molar-refractivity contribution in [3.8, 4) is 0 Å². The molecule has 4 N–H and O–H groups in total. The highest BCUT2D eigenvalue weighted by atomic mass is 31.2. The zero-order valence-electron chi connectivity index (χ0n) is 38.3. The molecule has 0 aromatic rings. The molecule has 60 heavy (non-hydrogen) atoms. The summed E-state index contributed by atoms with van der Waals surface area (Å²) in [7, 11) is -4.73. The van der Waals surface area contributed by atoms with Crippen LogP contribution in [0.4, 0.5) is 0 Å². The van der Waals surface area contributed by atoms with Crippen LogP contribution in [0, 0.1) is 0 Å². The van der Waals surface area contributed by atoms with Gasteiger partial charge in [0.15, 0.2) is 6.10 Å². The molecular weight excluding hydrogens is 781 g/mol. The van der Waals surface area contributed by atoms with Crippen molar-refractivity contribution in [2.45, 2.75) is 244 Å². The fourth-order valence-corrected chi connectivity index (χ4v) is 7.76. The molecule has 12 heteroatoms. The third-order valence-corrected chi connectivity index (χ3v) is 11.8. The highest BCUT2D eigenvalue weighted by molar-refractivity contribution is 7.47. The lowest BCUT2D eigenvalue weighted by Gasteiger charge is -2.20. The molecule has 0 aliphatic rings. The molecule has 0 spiro atoms. The zero-order chi connectivity index (χ0) is 44.2. The van der Waals surface area contributed by atoms with Crippen molar-refractivity contribution >= 4 is 25.7 Å². The smallest absolute Gasteiger partial charge is 0.472 e. The molecule has 0 saturated heterocycles. The van der Waals surface area contributed by atoms with Crippen LogP contribution < -0.4 is 5.73 Å². The van der Waals surface area contributed by atoms with Crippen LogP contribution in [0.1, 0.15) is 232 Å². The molecule has 0 radical (unpaired) electrons. The molecule has 3 atom stereocenters. The summed E-state index contributed by atoms with van der Waals surface area (Å²) < 4.78 is 32.6. The molecule has 0 aliphatic heterocycles. The van der Waals surface area contributed by atoms with E-state index in [4.69, 9.17) is 24.8 Å². The van der Waals surface area contributed by atoms with E-state index in [9.17, 15) is 23.8 Å². The first-order valence-corrected chi connectivity index (χ1v) is 25.9. The average molecular weight is 872 g/mol. The fourth-order valence-electron chi connectivity index (χ4n) is 6.98. The first kappa shape index (κ1) is 58.0. The number of ether oxygens (including phenoxy) is 2. The predicted molar refractivity (Wildman–Crippen MR) is 245 cm³/mol. The highest BCUT2D eigenvalue weighted by Gasteiger charge is 2.28. The average Bonchev–Trinajstić information content (AvgIpc) is 3.22. The second-order valence-electron chi connectivity index (χ2n) is 16.7. The van der Waals surface area contributed by atoms with Gasteiger partial charge in [-0.25, -0.2) is 9.36 Å². The van der Waals surface area contributed by atoms with Gasteiger partial charge < -0.3 is 25.2 Å². The van der Waals surface area contributed by atoms with Gasteiger partial charge >= 0.3 is 25.7 Å². The molecule has 0 heterocycles. The van der Waals surface area contributed by atoms with Crippen molar-refractivity contribution in [2.75, 3.05) is 19.8 Å². The maximum absolute atomic E-state index is 12.7. The van der Waals surface area contributed by atoms with Crippen LogP contribution in [0.3, 0.4) is 0 Å². The van der Waals surface area contributed by atoms with Crippen molar-refractivity contribution in [2.24, 2.45) is 5.73 Å². The van der Waals surface area contributed by atoms with Gasteiger partial charge in [-0.3, -0.25) is 18.6 Å². The number of hydrogen-bond donors (Lipinski definition) is 3. The van der Waals surface area contributed by atoms with Crippen molar-refractivity contribution in [3.63, 3.8) is 0 Å². The summed E-state index contributed by atoms with van der Waals surface area (Å²) in [6, 6.07) is -1.53. The Labute approximate surface area is 366 Å². The van der Waals surface area contributed by atoms with E-state index < -0.39 is 57.7 Å². The topological polar surface area (TPSA) is 172 Å². The lowest BCUT2D eigenvalue weighted by atomic mass is 10.0. The molecule has 0 amide bonds. The molecule has 0 aromatic carbocycles. The van der Waals surface area contributed by atoms with Gasteiger partial charge in [0.1, 0.15) is 12.6 Å². The van der Waals surface area contributed by atoms with E-state index in [1.807, 2.05) is 6.08 Å². The van der Waals surface area contributed by atoms with E-state index in [0.717, 1.165) is 32.1 Å². The minimum atomic E-state index is -4.73. The number of carboxylic acids is 1. The summed E-state index contributed by atoms with van der Waals surface area (Å²) in [6.07, 6.45) is 47.4. The number of carboxylic acid groups (broad SMARTS) is 1. The Morgan fingerprint density at radius 2 is 0.933 bits per heavy atom. The van der Waals surface area contributed by atoms with Gasteiger partial charge in [0.05, 0.1) is 13.2 Å². The highest BCUT2D eigenvalue weighted by Crippen LogP contribution is 2.43.